The van der Waals surface area contributed by atoms with Gasteiger partial charge in [-0.05, 0) is 55.8 Å². The molecule has 6 nitrogen and oxygen atoms in total. The van der Waals surface area contributed by atoms with Crippen LogP contribution in [-0.2, 0) is 6.42 Å². The zero-order valence-corrected chi connectivity index (χ0v) is 18.8. The van der Waals surface area contributed by atoms with Gasteiger partial charge in [-0.25, -0.2) is 8.78 Å². The number of nitrogens with zero attached hydrogens (tertiary/aromatic N) is 2. The summed E-state index contributed by atoms with van der Waals surface area (Å²) in [6.07, 6.45) is 7.02. The third kappa shape index (κ3) is 3.87. The minimum Gasteiger partial charge on any atom is -0.484 e. The third-order valence-electron chi connectivity index (χ3n) is 7.96. The molecular formula is C25H29F2N3O3. The first-order valence-corrected chi connectivity index (χ1v) is 12.2. The summed E-state index contributed by atoms with van der Waals surface area (Å²) in [4.78, 5) is 19.5. The maximum Gasteiger partial charge on any atom is 0.298 e. The number of hydrogen-bond donors (Lipinski definition) is 1. The van der Waals surface area contributed by atoms with Gasteiger partial charge in [0.15, 0.2) is 23.1 Å². The zero-order valence-electron chi connectivity index (χ0n) is 18.8. The van der Waals surface area contributed by atoms with Crippen molar-refractivity contribution in [3.8, 4) is 5.75 Å². The van der Waals surface area contributed by atoms with Crippen LogP contribution in [0.25, 0.3) is 0 Å². The molecule has 1 amide bonds. The number of fused-ring (bicyclic) bond motifs is 2. The summed E-state index contributed by atoms with van der Waals surface area (Å²) < 4.78 is 40.8. The second-order valence-electron chi connectivity index (χ2n) is 10.2. The van der Waals surface area contributed by atoms with Crippen LogP contribution in [0.2, 0.25) is 0 Å². The molecule has 1 aromatic heterocycles. The molecule has 176 valence electrons. The molecule has 4 aliphatic rings. The van der Waals surface area contributed by atoms with Crippen LogP contribution in [0.5, 0.6) is 5.75 Å². The van der Waals surface area contributed by atoms with Crippen molar-refractivity contribution in [1.82, 2.24) is 4.98 Å². The van der Waals surface area contributed by atoms with Crippen molar-refractivity contribution in [3.63, 3.8) is 0 Å². The maximum atomic E-state index is 14.6. The normalized spacial score (nSPS) is 29.8. The molecule has 0 spiro atoms. The number of rotatable bonds is 6. The van der Waals surface area contributed by atoms with Crippen LogP contribution in [0, 0.1) is 35.3 Å². The molecule has 2 heterocycles. The summed E-state index contributed by atoms with van der Waals surface area (Å²) in [6.45, 7) is 3.68. The number of nitrogens with one attached hydrogen (secondary N) is 1. The molecule has 5 atom stereocenters. The molecule has 4 unspecified atom stereocenters. The molecule has 3 aliphatic carbocycles. The highest BCUT2D eigenvalue weighted by molar-refractivity contribution is 6.03. The van der Waals surface area contributed by atoms with Crippen molar-refractivity contribution in [2.75, 3.05) is 23.3 Å². The SMILES string of the molecule is CCc1oc(N2CC3CCCC3C2)nc1C(=O)Nc1cc(F)c(OC2CC3C[C@@H]3C2)c(F)c1. The Morgan fingerprint density at radius 1 is 1.12 bits per heavy atom. The van der Waals surface area contributed by atoms with Gasteiger partial charge in [-0.3, -0.25) is 4.79 Å². The highest BCUT2D eigenvalue weighted by atomic mass is 19.1. The fourth-order valence-electron chi connectivity index (χ4n) is 6.14. The minimum atomic E-state index is -0.814. The van der Waals surface area contributed by atoms with Gasteiger partial charge >= 0.3 is 0 Å². The van der Waals surface area contributed by atoms with Crippen LogP contribution in [0.1, 0.15) is 61.7 Å². The Morgan fingerprint density at radius 2 is 1.79 bits per heavy atom. The first-order valence-electron chi connectivity index (χ1n) is 12.2. The van der Waals surface area contributed by atoms with Crippen molar-refractivity contribution < 1.29 is 22.7 Å². The predicted molar refractivity (Wildman–Crippen MR) is 118 cm³/mol. The molecule has 1 aliphatic heterocycles. The number of amides is 1. The number of halogens is 2. The predicted octanol–water partition coefficient (Wildman–Crippen LogP) is 5.18. The lowest BCUT2D eigenvalue weighted by Crippen LogP contribution is -2.21. The van der Waals surface area contributed by atoms with Crippen LogP contribution >= 0.6 is 0 Å². The number of aromatic nitrogens is 1. The van der Waals surface area contributed by atoms with E-state index in [0.717, 1.165) is 38.1 Å². The van der Waals surface area contributed by atoms with Crippen LogP contribution in [0.3, 0.4) is 0 Å². The van der Waals surface area contributed by atoms with E-state index in [1.165, 1.54) is 25.7 Å². The first-order chi connectivity index (χ1) is 16.0. The Morgan fingerprint density at radius 3 is 2.42 bits per heavy atom. The van der Waals surface area contributed by atoms with Crippen LogP contribution in [-0.4, -0.2) is 30.1 Å². The van der Waals surface area contributed by atoms with Gasteiger partial charge in [-0.15, -0.1) is 0 Å². The minimum absolute atomic E-state index is 0.0268. The van der Waals surface area contributed by atoms with Gasteiger partial charge in [0.25, 0.3) is 11.9 Å². The number of hydrogen-bond acceptors (Lipinski definition) is 5. The van der Waals surface area contributed by atoms with E-state index in [2.05, 4.69) is 15.2 Å². The highest BCUT2D eigenvalue weighted by Crippen LogP contribution is 2.52. The highest BCUT2D eigenvalue weighted by Gasteiger charge is 2.47. The van der Waals surface area contributed by atoms with Gasteiger partial charge in [-0.1, -0.05) is 13.3 Å². The van der Waals surface area contributed by atoms with Crippen molar-refractivity contribution in [2.45, 2.75) is 58.0 Å². The lowest BCUT2D eigenvalue weighted by molar-refractivity contribution is 0.102. The third-order valence-corrected chi connectivity index (χ3v) is 7.96. The second kappa shape index (κ2) is 7.99. The van der Waals surface area contributed by atoms with E-state index < -0.39 is 17.5 Å². The Bertz CT molecular complexity index is 1040. The number of anilines is 2. The fraction of sp³-hybridized carbons (Fsp3) is 0.600. The van der Waals surface area contributed by atoms with E-state index in [0.29, 0.717) is 41.9 Å². The molecule has 4 fully saturated rings. The average molecular weight is 458 g/mol. The number of carbonyl (C=O) groups excluding carboxylic acids is 1. The van der Waals surface area contributed by atoms with Gasteiger partial charge in [0, 0.05) is 37.3 Å². The summed E-state index contributed by atoms with van der Waals surface area (Å²) in [7, 11) is 0. The Labute approximate surface area is 191 Å². The van der Waals surface area contributed by atoms with Crippen LogP contribution in [0.15, 0.2) is 16.5 Å². The fourth-order valence-corrected chi connectivity index (χ4v) is 6.14. The van der Waals surface area contributed by atoms with E-state index >= 15 is 0 Å². The smallest absolute Gasteiger partial charge is 0.298 e. The summed E-state index contributed by atoms with van der Waals surface area (Å²) >= 11 is 0. The van der Waals surface area contributed by atoms with E-state index in [4.69, 9.17) is 9.15 Å². The molecule has 1 aromatic carbocycles. The number of carbonyl (C=O) groups is 1. The van der Waals surface area contributed by atoms with E-state index in [9.17, 15) is 13.6 Å². The molecule has 0 bridgehead atoms. The van der Waals surface area contributed by atoms with Gasteiger partial charge < -0.3 is 19.4 Å². The van der Waals surface area contributed by atoms with Crippen LogP contribution < -0.4 is 15.0 Å². The Kier molecular flexibility index (Phi) is 5.07. The molecule has 8 heteroatoms. The van der Waals surface area contributed by atoms with Crippen molar-refractivity contribution in [2.24, 2.45) is 23.7 Å². The molecule has 1 N–H and O–H groups in total. The van der Waals surface area contributed by atoms with E-state index in [1.54, 1.807) is 0 Å². The number of aryl methyl sites for hydroxylation is 1. The lowest BCUT2D eigenvalue weighted by Gasteiger charge is -2.17. The lowest BCUT2D eigenvalue weighted by atomic mass is 10.0. The van der Waals surface area contributed by atoms with Crippen molar-refractivity contribution in [1.29, 1.82) is 0 Å². The number of benzene rings is 1. The zero-order chi connectivity index (χ0) is 22.7. The monoisotopic (exact) mass is 457 g/mol. The van der Waals surface area contributed by atoms with Gasteiger partial charge in [0.2, 0.25) is 0 Å². The number of ether oxygens (including phenoxy) is 1. The topological polar surface area (TPSA) is 67.6 Å². The van der Waals surface area contributed by atoms with Gasteiger partial charge in [0.05, 0.1) is 6.10 Å². The first kappa shape index (κ1) is 20.9. The molecule has 6 rings (SSSR count). The van der Waals surface area contributed by atoms with Gasteiger partial charge in [-0.2, -0.15) is 4.98 Å². The average Bonchev–Trinajstić information content (AvgIpc) is 3.25. The quantitative estimate of drug-likeness (QED) is 0.647. The second-order valence-corrected chi connectivity index (χ2v) is 10.2. The van der Waals surface area contributed by atoms with E-state index in [1.807, 2.05) is 6.92 Å². The molecular weight excluding hydrogens is 428 g/mol. The van der Waals surface area contributed by atoms with Crippen LogP contribution in [0.4, 0.5) is 20.5 Å². The molecule has 1 saturated heterocycles. The molecule has 0 radical (unpaired) electrons. The van der Waals surface area contributed by atoms with Crippen molar-refractivity contribution in [3.05, 3.63) is 35.2 Å². The summed E-state index contributed by atoms with van der Waals surface area (Å²) in [5, 5.41) is 2.58. The summed E-state index contributed by atoms with van der Waals surface area (Å²) in [5.74, 6) is 0.584. The Hall–Kier alpha value is -2.64. The molecule has 33 heavy (non-hydrogen) atoms. The summed E-state index contributed by atoms with van der Waals surface area (Å²) in [6, 6.07) is 2.66. The maximum absolute atomic E-state index is 14.6. The van der Waals surface area contributed by atoms with Gasteiger partial charge in [0.1, 0.15) is 5.76 Å². The standard InChI is InChI=1S/C25H29F2N3O3/c1-2-21-22(29-25(33-21)30-11-13-4-3-5-14(13)12-30)24(31)28-17-9-19(26)23(20(27)10-17)32-18-7-15-6-16(15)8-18/h9-10,13-16,18H,2-8,11-12H2,1H3,(H,28,31)/t13?,14?,15-,16?,18?/m1/s1. The molecule has 3 saturated carbocycles. The number of oxazole rings is 1. The molecule has 2 aromatic rings. The van der Waals surface area contributed by atoms with E-state index in [-0.39, 0.29) is 23.2 Å². The van der Waals surface area contributed by atoms with Crippen molar-refractivity contribution >= 4 is 17.6 Å². The summed E-state index contributed by atoms with van der Waals surface area (Å²) in [5.41, 5.74) is 0.190. The Balaban J connectivity index is 1.16. The largest absolute Gasteiger partial charge is 0.484 e.